The van der Waals surface area contributed by atoms with Gasteiger partial charge in [-0.2, -0.15) is 0 Å². The Labute approximate surface area is 254 Å². The summed E-state index contributed by atoms with van der Waals surface area (Å²) >= 11 is 0. The lowest BCUT2D eigenvalue weighted by Crippen LogP contribution is -2.49. The molecule has 2 fully saturated rings. The van der Waals surface area contributed by atoms with Crippen molar-refractivity contribution < 1.29 is 18.8 Å². The Kier molecular flexibility index (Phi) is 8.78. The topological polar surface area (TPSA) is 70.5 Å². The molecule has 43 heavy (non-hydrogen) atoms. The van der Waals surface area contributed by atoms with Gasteiger partial charge in [-0.1, -0.05) is 36.4 Å². The van der Waals surface area contributed by atoms with Gasteiger partial charge in [-0.25, -0.2) is 9.34 Å². The van der Waals surface area contributed by atoms with Crippen LogP contribution in [0.4, 0.5) is 0 Å². The summed E-state index contributed by atoms with van der Waals surface area (Å²) in [6.45, 7) is 4.21. The van der Waals surface area contributed by atoms with Crippen molar-refractivity contribution in [2.75, 3.05) is 73.4 Å². The van der Waals surface area contributed by atoms with Crippen LogP contribution in [0.15, 0.2) is 72.8 Å². The van der Waals surface area contributed by atoms with E-state index in [1.807, 2.05) is 47.9 Å². The second kappa shape index (κ2) is 12.6. The fourth-order valence-corrected chi connectivity index (χ4v) is 8.52. The Morgan fingerprint density at radius 1 is 0.930 bits per heavy atom. The van der Waals surface area contributed by atoms with E-state index < -0.39 is 7.44 Å². The van der Waals surface area contributed by atoms with Crippen LogP contribution < -0.4 is 0 Å². The molecule has 0 bridgehead atoms. The summed E-state index contributed by atoms with van der Waals surface area (Å²) in [6.07, 6.45) is 0.107. The highest BCUT2D eigenvalue weighted by Gasteiger charge is 2.37. The Balaban J connectivity index is 1.10. The van der Waals surface area contributed by atoms with Crippen molar-refractivity contribution in [2.24, 2.45) is 0 Å². The average molecular weight is 601 g/mol. The highest BCUT2D eigenvalue weighted by atomic mass is 31.2. The Morgan fingerprint density at radius 3 is 2.12 bits per heavy atom. The van der Waals surface area contributed by atoms with Gasteiger partial charge in [0.15, 0.2) is 0 Å². The second-order valence-corrected chi connectivity index (χ2v) is 14.9. The normalized spacial score (nSPS) is 21.9. The summed E-state index contributed by atoms with van der Waals surface area (Å²) in [5.74, 6) is -0.00274. The fourth-order valence-electron chi connectivity index (χ4n) is 6.47. The molecule has 0 aliphatic carbocycles. The average Bonchev–Trinajstić information content (AvgIpc) is 3.35. The van der Waals surface area contributed by atoms with Crippen LogP contribution in [0.3, 0.4) is 0 Å². The largest absolute Gasteiger partial charge is 0.379 e. The number of amides is 1. The molecule has 4 aromatic rings. The fraction of sp³-hybridized carbons (Fsp3) is 0.406. The molecule has 3 aromatic carbocycles. The molecule has 3 heterocycles. The van der Waals surface area contributed by atoms with E-state index in [1.54, 1.807) is 4.67 Å². The molecule has 3 atom stereocenters. The van der Waals surface area contributed by atoms with E-state index in [4.69, 9.17) is 9.47 Å². The lowest BCUT2D eigenvalue weighted by Gasteiger charge is -2.41. The lowest BCUT2D eigenvalue weighted by atomic mass is 9.98. The number of nitrogens with zero attached hydrogens (tertiary/aromatic N) is 5. The number of ether oxygens (including phenoxy) is 2. The van der Waals surface area contributed by atoms with Crippen molar-refractivity contribution in [1.82, 2.24) is 23.7 Å². The second-order valence-electron chi connectivity index (χ2n) is 12.0. The molecule has 1 amide bonds. The van der Waals surface area contributed by atoms with Crippen molar-refractivity contribution in [3.8, 4) is 5.69 Å². The highest BCUT2D eigenvalue weighted by Crippen LogP contribution is 2.51. The third kappa shape index (κ3) is 6.05. The van der Waals surface area contributed by atoms with Crippen LogP contribution in [0.1, 0.15) is 10.4 Å². The monoisotopic (exact) mass is 601 g/mol. The maximum absolute atomic E-state index is 14.1. The van der Waals surface area contributed by atoms with Crippen LogP contribution in [-0.4, -0.2) is 123 Å². The third-order valence-corrected chi connectivity index (χ3v) is 11.7. The molecule has 2 aliphatic rings. The number of hydrogen-bond acceptors (Lipinski definition) is 5. The van der Waals surface area contributed by atoms with E-state index >= 15 is 0 Å². The van der Waals surface area contributed by atoms with E-state index in [0.29, 0.717) is 38.3 Å². The van der Waals surface area contributed by atoms with Crippen molar-refractivity contribution in [3.63, 3.8) is 0 Å². The first kappa shape index (κ1) is 30.1. The summed E-state index contributed by atoms with van der Waals surface area (Å²) in [5, 5.41) is 2.42. The summed E-state index contributed by atoms with van der Waals surface area (Å²) in [4.78, 5) is 17.6. The van der Waals surface area contributed by atoms with Crippen molar-refractivity contribution >= 4 is 43.0 Å². The van der Waals surface area contributed by atoms with Gasteiger partial charge in [0.2, 0.25) is 7.44 Å². The predicted octanol–water partition coefficient (Wildman–Crippen LogP) is 3.56. The summed E-state index contributed by atoms with van der Waals surface area (Å²) < 4.78 is 32.1. The number of carbonyl (C=O) groups excluding carboxylic acids is 1. The van der Waals surface area contributed by atoms with Gasteiger partial charge >= 0.3 is 0 Å². The van der Waals surface area contributed by atoms with Crippen molar-refractivity contribution in [2.45, 2.75) is 12.1 Å². The number of likely N-dealkylation sites (N-methyl/N-ethyl adjacent to an activating group) is 1. The quantitative estimate of drug-likeness (QED) is 0.226. The van der Waals surface area contributed by atoms with Crippen LogP contribution in [-0.2, 0) is 14.0 Å². The van der Waals surface area contributed by atoms with Crippen LogP contribution in [0.25, 0.3) is 27.5 Å². The number of para-hydroxylation sites is 2. The lowest BCUT2D eigenvalue weighted by molar-refractivity contribution is -0.0748. The minimum absolute atomic E-state index is 0.00274. The molecule has 2 aliphatic heterocycles. The van der Waals surface area contributed by atoms with Crippen LogP contribution in [0, 0.1) is 0 Å². The summed E-state index contributed by atoms with van der Waals surface area (Å²) in [5.41, 5.74) is 3.96. The van der Waals surface area contributed by atoms with Crippen LogP contribution >= 0.6 is 7.44 Å². The minimum Gasteiger partial charge on any atom is -0.379 e. The van der Waals surface area contributed by atoms with Gasteiger partial charge in [-0.05, 0) is 57.5 Å². The number of morpholine rings is 1. The number of benzene rings is 3. The number of hydrogen-bond donors (Lipinski definition) is 0. The molecule has 0 saturated carbocycles. The molecular weight excluding hydrogens is 560 g/mol. The van der Waals surface area contributed by atoms with Crippen molar-refractivity contribution in [1.29, 1.82) is 0 Å². The Hall–Kier alpha value is -2.98. The molecule has 11 heteroatoms. The molecule has 0 spiro atoms. The van der Waals surface area contributed by atoms with Gasteiger partial charge in [0.05, 0.1) is 23.7 Å². The summed E-state index contributed by atoms with van der Waals surface area (Å²) in [7, 11) is 4.89. The van der Waals surface area contributed by atoms with E-state index in [1.165, 1.54) is 10.8 Å². The number of aromatic nitrogens is 1. The molecule has 0 radical (unpaired) electrons. The molecular formula is C32H41BN5O4P. The zero-order valence-corrected chi connectivity index (χ0v) is 26.5. The van der Waals surface area contributed by atoms with Crippen molar-refractivity contribution in [3.05, 3.63) is 78.4 Å². The van der Waals surface area contributed by atoms with Gasteiger partial charge < -0.3 is 23.8 Å². The first-order valence-electron chi connectivity index (χ1n) is 15.1. The first-order chi connectivity index (χ1) is 20.7. The van der Waals surface area contributed by atoms with Gasteiger partial charge in [-0.15, -0.1) is 0 Å². The summed E-state index contributed by atoms with van der Waals surface area (Å²) in [6, 6.07) is 24.8. The predicted molar refractivity (Wildman–Crippen MR) is 175 cm³/mol. The van der Waals surface area contributed by atoms with Gasteiger partial charge in [0.25, 0.3) is 5.91 Å². The number of fused-ring (bicyclic) bond motifs is 3. The Morgan fingerprint density at radius 2 is 1.53 bits per heavy atom. The van der Waals surface area contributed by atoms with E-state index in [9.17, 15) is 9.36 Å². The molecule has 6 rings (SSSR count). The number of carbonyl (C=O) groups is 1. The molecule has 2 saturated heterocycles. The van der Waals surface area contributed by atoms with E-state index in [-0.39, 0.29) is 24.4 Å². The smallest absolute Gasteiger partial charge is 0.253 e. The molecule has 1 aromatic heterocycles. The number of rotatable bonds is 8. The van der Waals surface area contributed by atoms with E-state index in [2.05, 4.69) is 72.9 Å². The molecule has 0 N–H and O–H groups in total. The third-order valence-electron chi connectivity index (χ3n) is 8.63. The van der Waals surface area contributed by atoms with E-state index in [0.717, 1.165) is 29.8 Å². The van der Waals surface area contributed by atoms with Crippen LogP contribution in [0.5, 0.6) is 0 Å². The Bertz CT molecular complexity index is 1570. The maximum atomic E-state index is 14.1. The SMILES string of the molecule is BC1CN(C)CC(COCP(=O)(N(C)C)N2CCN(C(=O)c3ccc(-n4c5ccccc5c5ccccc54)cc3)CC2)O1. The zero-order valence-electron chi connectivity index (χ0n) is 25.6. The minimum atomic E-state index is -2.93. The molecule has 226 valence electrons. The van der Waals surface area contributed by atoms with Gasteiger partial charge in [-0.3, -0.25) is 9.36 Å². The van der Waals surface area contributed by atoms with Gasteiger partial charge in [0.1, 0.15) is 14.2 Å². The molecule has 3 unspecified atom stereocenters. The van der Waals surface area contributed by atoms with Crippen LogP contribution in [0.2, 0.25) is 0 Å². The first-order valence-corrected chi connectivity index (χ1v) is 16.9. The molecule has 9 nitrogen and oxygen atoms in total. The maximum Gasteiger partial charge on any atom is 0.253 e. The highest BCUT2D eigenvalue weighted by molar-refractivity contribution is 7.58. The standard InChI is InChI=1S/C32H41BN5O4P/c1-34(2)43(40,23-41-22-26-20-35(3)21-31(33)42-26)37-18-16-36(17-19-37)32(39)24-12-14-25(15-13-24)38-29-10-6-4-8-27(29)28-9-5-7-11-30(28)38/h4-15,26,31H,16-23,33H2,1-3H3. The zero-order chi connectivity index (χ0) is 30.1. The van der Waals surface area contributed by atoms with Gasteiger partial charge in [0, 0.05) is 67.3 Å². The number of piperazine rings is 1.